The van der Waals surface area contributed by atoms with Gasteiger partial charge in [0.05, 0.1) is 0 Å². The lowest BCUT2D eigenvalue weighted by molar-refractivity contribution is 0.0692. The summed E-state index contributed by atoms with van der Waals surface area (Å²) in [5.41, 5.74) is 4.05. The van der Waals surface area contributed by atoms with E-state index in [0.29, 0.717) is 18.4 Å². The zero-order chi connectivity index (χ0) is 18.8. The van der Waals surface area contributed by atoms with E-state index in [0.717, 1.165) is 37.7 Å². The molecule has 2 N–H and O–H groups in total. The number of carboxylic acid groups (broad SMARTS) is 1. The molecule has 138 valence electrons. The van der Waals surface area contributed by atoms with Gasteiger partial charge in [0.1, 0.15) is 11.3 Å². The highest BCUT2D eigenvalue weighted by atomic mass is 16.4. The zero-order valence-corrected chi connectivity index (χ0v) is 16.1. The number of aromatic carboxylic acids is 1. The highest BCUT2D eigenvalue weighted by Crippen LogP contribution is 2.28. The summed E-state index contributed by atoms with van der Waals surface area (Å²) >= 11 is 0. The Morgan fingerprint density at radius 1 is 1.08 bits per heavy atom. The van der Waals surface area contributed by atoms with Crippen molar-refractivity contribution in [2.24, 2.45) is 0 Å². The van der Waals surface area contributed by atoms with E-state index in [-0.39, 0.29) is 11.3 Å². The molecule has 3 heteroatoms. The largest absolute Gasteiger partial charge is 0.507 e. The monoisotopic (exact) mass is 344 g/mol. The molecule has 0 radical (unpaired) electrons. The van der Waals surface area contributed by atoms with Gasteiger partial charge in [0.25, 0.3) is 0 Å². The summed E-state index contributed by atoms with van der Waals surface area (Å²) in [6.45, 7) is 8.37. The van der Waals surface area contributed by atoms with Crippen molar-refractivity contribution in [3.63, 3.8) is 0 Å². The normalized spacial score (nSPS) is 11.4. The minimum atomic E-state index is -1.05. The molecule has 3 nitrogen and oxygen atoms in total. The fourth-order valence-electron chi connectivity index (χ4n) is 2.83. The maximum Gasteiger partial charge on any atom is 0.339 e. The summed E-state index contributed by atoms with van der Waals surface area (Å²) in [7, 11) is 0. The topological polar surface area (TPSA) is 57.5 Å². The van der Waals surface area contributed by atoms with Crippen molar-refractivity contribution in [3.05, 3.63) is 52.1 Å². The smallest absolute Gasteiger partial charge is 0.339 e. The van der Waals surface area contributed by atoms with E-state index in [1.165, 1.54) is 11.1 Å². The molecule has 0 atom stereocenters. The molecule has 25 heavy (non-hydrogen) atoms. The third-order valence-corrected chi connectivity index (χ3v) is 4.37. The first-order valence-corrected chi connectivity index (χ1v) is 9.22. The van der Waals surface area contributed by atoms with Gasteiger partial charge in [-0.2, -0.15) is 0 Å². The summed E-state index contributed by atoms with van der Waals surface area (Å²) in [5, 5.41) is 19.9. The molecule has 0 aliphatic carbocycles. The lowest BCUT2D eigenvalue weighted by Crippen LogP contribution is -2.05. The van der Waals surface area contributed by atoms with Crippen LogP contribution in [0, 0.1) is 0 Å². The first kappa shape index (κ1) is 21.0. The second-order valence-electron chi connectivity index (χ2n) is 6.94. The molecule has 0 spiro atoms. The SMILES string of the molecule is CCCCCc1ccc(C/C=C(\C)CCC=C(C)C)c(O)c1C(=O)O. The van der Waals surface area contributed by atoms with E-state index < -0.39 is 5.97 Å². The number of unbranched alkanes of at least 4 members (excludes halogenated alkanes) is 2. The second-order valence-corrected chi connectivity index (χ2v) is 6.94. The van der Waals surface area contributed by atoms with E-state index in [1.54, 1.807) is 0 Å². The quantitative estimate of drug-likeness (QED) is 0.401. The van der Waals surface area contributed by atoms with E-state index in [2.05, 4.69) is 39.8 Å². The Balaban J connectivity index is 2.88. The maximum absolute atomic E-state index is 11.6. The van der Waals surface area contributed by atoms with Crippen LogP contribution in [0.15, 0.2) is 35.4 Å². The van der Waals surface area contributed by atoms with Gasteiger partial charge in [-0.3, -0.25) is 0 Å². The van der Waals surface area contributed by atoms with Crippen LogP contribution in [0.25, 0.3) is 0 Å². The Labute approximate surface area is 152 Å². The Kier molecular flexibility index (Phi) is 9.04. The van der Waals surface area contributed by atoms with Gasteiger partial charge in [-0.15, -0.1) is 0 Å². The minimum absolute atomic E-state index is 0.0733. The molecule has 0 saturated carbocycles. The number of carbonyl (C=O) groups is 1. The Morgan fingerprint density at radius 3 is 2.36 bits per heavy atom. The van der Waals surface area contributed by atoms with Crippen LogP contribution in [0.5, 0.6) is 5.75 Å². The van der Waals surface area contributed by atoms with Crippen LogP contribution < -0.4 is 0 Å². The summed E-state index contributed by atoms with van der Waals surface area (Å²) in [4.78, 5) is 11.6. The summed E-state index contributed by atoms with van der Waals surface area (Å²) in [6.07, 6.45) is 10.6. The standard InChI is InChI=1S/C22H32O3/c1-5-6-7-11-18-14-15-19(21(23)20(18)22(24)25)13-12-17(4)10-8-9-16(2)3/h9,12,14-15,23H,5-8,10-11,13H2,1-4H3,(H,24,25)/b17-12+. The minimum Gasteiger partial charge on any atom is -0.507 e. The Hall–Kier alpha value is -2.03. The first-order valence-electron chi connectivity index (χ1n) is 9.22. The number of phenols is 1. The summed E-state index contributed by atoms with van der Waals surface area (Å²) in [5.74, 6) is -1.12. The number of aromatic hydroxyl groups is 1. The highest BCUT2D eigenvalue weighted by Gasteiger charge is 2.18. The molecule has 0 amide bonds. The fourth-order valence-corrected chi connectivity index (χ4v) is 2.83. The van der Waals surface area contributed by atoms with Crippen LogP contribution in [0.1, 0.15) is 81.3 Å². The molecule has 0 unspecified atom stereocenters. The van der Waals surface area contributed by atoms with E-state index >= 15 is 0 Å². The maximum atomic E-state index is 11.6. The second kappa shape index (κ2) is 10.8. The van der Waals surface area contributed by atoms with Crippen LogP contribution in [0.3, 0.4) is 0 Å². The molecule has 1 aromatic carbocycles. The van der Waals surface area contributed by atoms with Crippen molar-refractivity contribution in [1.29, 1.82) is 0 Å². The van der Waals surface area contributed by atoms with Gasteiger partial charge in [0, 0.05) is 0 Å². The summed E-state index contributed by atoms with van der Waals surface area (Å²) < 4.78 is 0. The molecule has 0 aromatic heterocycles. The summed E-state index contributed by atoms with van der Waals surface area (Å²) in [6, 6.07) is 3.73. The molecule has 0 saturated heterocycles. The van der Waals surface area contributed by atoms with Crippen molar-refractivity contribution >= 4 is 5.97 Å². The van der Waals surface area contributed by atoms with Crippen LogP contribution in [0.4, 0.5) is 0 Å². The van der Waals surface area contributed by atoms with E-state index in [9.17, 15) is 15.0 Å². The van der Waals surface area contributed by atoms with Gasteiger partial charge >= 0.3 is 5.97 Å². The van der Waals surface area contributed by atoms with Crippen LogP contribution in [0.2, 0.25) is 0 Å². The number of allylic oxidation sites excluding steroid dienone is 4. The number of rotatable bonds is 10. The molecule has 0 heterocycles. The fraction of sp³-hybridized carbons (Fsp3) is 0.500. The molecular formula is C22H32O3. The van der Waals surface area contributed by atoms with Crippen molar-refractivity contribution in [2.45, 2.75) is 72.6 Å². The number of aryl methyl sites for hydroxylation is 1. The molecule has 1 aromatic rings. The highest BCUT2D eigenvalue weighted by molar-refractivity contribution is 5.93. The average molecular weight is 344 g/mol. The van der Waals surface area contributed by atoms with Gasteiger partial charge < -0.3 is 10.2 Å². The number of hydrogen-bond acceptors (Lipinski definition) is 2. The Morgan fingerprint density at radius 2 is 1.76 bits per heavy atom. The molecule has 0 aliphatic heterocycles. The van der Waals surface area contributed by atoms with Gasteiger partial charge in [-0.05, 0) is 64.0 Å². The predicted octanol–water partition coefficient (Wildman–Crippen LogP) is 6.06. The predicted molar refractivity (Wildman–Crippen MR) is 104 cm³/mol. The van der Waals surface area contributed by atoms with Crippen LogP contribution in [-0.2, 0) is 12.8 Å². The van der Waals surface area contributed by atoms with Gasteiger partial charge in [0.15, 0.2) is 0 Å². The molecule has 0 bridgehead atoms. The number of benzene rings is 1. The average Bonchev–Trinajstić information content (AvgIpc) is 2.53. The van der Waals surface area contributed by atoms with Gasteiger partial charge in [0.2, 0.25) is 0 Å². The van der Waals surface area contributed by atoms with Gasteiger partial charge in [-0.1, -0.05) is 55.2 Å². The number of carboxylic acids is 1. The first-order chi connectivity index (χ1) is 11.9. The Bertz CT molecular complexity index is 635. The van der Waals surface area contributed by atoms with Crippen molar-refractivity contribution in [1.82, 2.24) is 0 Å². The third kappa shape index (κ3) is 7.16. The van der Waals surface area contributed by atoms with Crippen LogP contribution >= 0.6 is 0 Å². The lowest BCUT2D eigenvalue weighted by Gasteiger charge is -2.12. The molecular weight excluding hydrogens is 312 g/mol. The van der Waals surface area contributed by atoms with Crippen LogP contribution in [-0.4, -0.2) is 16.2 Å². The molecule has 1 rings (SSSR count). The lowest BCUT2D eigenvalue weighted by atomic mass is 9.96. The molecule has 0 fully saturated rings. The van der Waals surface area contributed by atoms with E-state index in [4.69, 9.17) is 0 Å². The van der Waals surface area contributed by atoms with Gasteiger partial charge in [-0.25, -0.2) is 4.79 Å². The number of hydrogen-bond donors (Lipinski definition) is 2. The molecule has 0 aliphatic rings. The van der Waals surface area contributed by atoms with Crippen molar-refractivity contribution < 1.29 is 15.0 Å². The van der Waals surface area contributed by atoms with Crippen molar-refractivity contribution in [2.75, 3.05) is 0 Å². The van der Waals surface area contributed by atoms with E-state index in [1.807, 2.05) is 12.1 Å². The zero-order valence-electron chi connectivity index (χ0n) is 16.1. The third-order valence-electron chi connectivity index (χ3n) is 4.37. The van der Waals surface area contributed by atoms with Crippen molar-refractivity contribution in [3.8, 4) is 5.75 Å².